The van der Waals surface area contributed by atoms with Gasteiger partial charge in [-0.2, -0.15) is 0 Å². The molecule has 0 saturated carbocycles. The SMILES string of the molecule is CC(C)N1C(=O)c2ccc(C(=O)NCc3ccc(N4CCOCC4)cc3)cc2S1(=O)=O. The van der Waals surface area contributed by atoms with Gasteiger partial charge in [-0.05, 0) is 49.7 Å². The van der Waals surface area contributed by atoms with E-state index in [1.54, 1.807) is 13.8 Å². The van der Waals surface area contributed by atoms with Crippen LogP contribution in [0, 0.1) is 0 Å². The Labute approximate surface area is 181 Å². The van der Waals surface area contributed by atoms with Crippen LogP contribution in [0.2, 0.25) is 0 Å². The van der Waals surface area contributed by atoms with E-state index in [2.05, 4.69) is 10.2 Å². The van der Waals surface area contributed by atoms with Gasteiger partial charge in [0.15, 0.2) is 0 Å². The molecule has 1 saturated heterocycles. The number of carbonyl (C=O) groups excluding carboxylic acids is 2. The van der Waals surface area contributed by atoms with Crippen LogP contribution in [0.15, 0.2) is 47.4 Å². The molecular formula is C22H25N3O5S. The summed E-state index contributed by atoms with van der Waals surface area (Å²) < 4.78 is 31.7. The van der Waals surface area contributed by atoms with Gasteiger partial charge in [-0.15, -0.1) is 0 Å². The van der Waals surface area contributed by atoms with Gasteiger partial charge in [-0.1, -0.05) is 12.1 Å². The third-order valence-corrected chi connectivity index (χ3v) is 7.44. The second-order valence-corrected chi connectivity index (χ2v) is 9.64. The van der Waals surface area contributed by atoms with Crippen molar-refractivity contribution in [2.75, 3.05) is 31.2 Å². The Morgan fingerprint density at radius 2 is 1.77 bits per heavy atom. The molecule has 0 radical (unpaired) electrons. The first-order valence-electron chi connectivity index (χ1n) is 10.2. The molecule has 2 aromatic carbocycles. The highest BCUT2D eigenvalue weighted by molar-refractivity contribution is 7.90. The molecule has 1 N–H and O–H groups in total. The number of ether oxygens (including phenoxy) is 1. The quantitative estimate of drug-likeness (QED) is 0.760. The maximum Gasteiger partial charge on any atom is 0.269 e. The molecule has 4 rings (SSSR count). The Morgan fingerprint density at radius 3 is 2.42 bits per heavy atom. The molecule has 0 atom stereocenters. The Hall–Kier alpha value is -2.91. The van der Waals surface area contributed by atoms with E-state index in [1.807, 2.05) is 24.3 Å². The molecule has 0 unspecified atom stereocenters. The van der Waals surface area contributed by atoms with Crippen LogP contribution in [0.4, 0.5) is 5.69 Å². The van der Waals surface area contributed by atoms with Crippen molar-refractivity contribution in [1.82, 2.24) is 9.62 Å². The molecule has 8 nitrogen and oxygen atoms in total. The Kier molecular flexibility index (Phi) is 5.72. The van der Waals surface area contributed by atoms with Crippen LogP contribution in [0.3, 0.4) is 0 Å². The Morgan fingerprint density at radius 1 is 1.10 bits per heavy atom. The number of amides is 2. The van der Waals surface area contributed by atoms with Crippen LogP contribution in [-0.4, -0.2) is 56.9 Å². The van der Waals surface area contributed by atoms with Crippen LogP contribution in [-0.2, 0) is 21.3 Å². The summed E-state index contributed by atoms with van der Waals surface area (Å²) in [6.07, 6.45) is 0. The fourth-order valence-electron chi connectivity index (χ4n) is 3.83. The van der Waals surface area contributed by atoms with Gasteiger partial charge in [0.05, 0.1) is 18.8 Å². The smallest absolute Gasteiger partial charge is 0.269 e. The average Bonchev–Trinajstić information content (AvgIpc) is 2.97. The summed E-state index contributed by atoms with van der Waals surface area (Å²) in [5, 5.41) is 2.81. The van der Waals surface area contributed by atoms with Gasteiger partial charge < -0.3 is 15.0 Å². The number of nitrogens with zero attached hydrogens (tertiary/aromatic N) is 2. The van der Waals surface area contributed by atoms with Crippen molar-refractivity contribution in [2.45, 2.75) is 31.3 Å². The van der Waals surface area contributed by atoms with Crippen LogP contribution in [0.1, 0.15) is 40.1 Å². The van der Waals surface area contributed by atoms with Gasteiger partial charge in [0.1, 0.15) is 4.90 Å². The molecule has 0 aromatic heterocycles. The third kappa shape index (κ3) is 4.03. The molecule has 2 aromatic rings. The lowest BCUT2D eigenvalue weighted by atomic mass is 10.1. The zero-order valence-corrected chi connectivity index (χ0v) is 18.3. The van der Waals surface area contributed by atoms with Gasteiger partial charge in [0, 0.05) is 36.9 Å². The Bertz CT molecular complexity index is 1110. The molecule has 2 heterocycles. The number of benzene rings is 2. The molecule has 0 spiro atoms. The highest BCUT2D eigenvalue weighted by Gasteiger charge is 2.42. The highest BCUT2D eigenvalue weighted by Crippen LogP contribution is 2.32. The van der Waals surface area contributed by atoms with Crippen molar-refractivity contribution in [2.24, 2.45) is 0 Å². The minimum absolute atomic E-state index is 0.101. The number of sulfonamides is 1. The molecule has 0 bridgehead atoms. The number of morpholine rings is 1. The van der Waals surface area contributed by atoms with Crippen LogP contribution in [0.25, 0.3) is 0 Å². The van der Waals surface area contributed by atoms with E-state index < -0.39 is 27.9 Å². The molecular weight excluding hydrogens is 418 g/mol. The summed E-state index contributed by atoms with van der Waals surface area (Å²) in [4.78, 5) is 27.2. The lowest BCUT2D eigenvalue weighted by molar-refractivity contribution is 0.0845. The normalized spacial score (nSPS) is 17.7. The topological polar surface area (TPSA) is 96.0 Å². The molecule has 31 heavy (non-hydrogen) atoms. The first-order valence-corrected chi connectivity index (χ1v) is 11.7. The molecule has 164 valence electrons. The standard InChI is InChI=1S/C22H25N3O5S/c1-15(2)25-22(27)19-8-5-17(13-20(19)31(25,28)29)21(26)23-14-16-3-6-18(7-4-16)24-9-11-30-12-10-24/h3-8,13,15H,9-12,14H2,1-2H3,(H,23,26). The predicted molar refractivity (Wildman–Crippen MR) is 116 cm³/mol. The van der Waals surface area contributed by atoms with Gasteiger partial charge in [0.2, 0.25) is 0 Å². The number of nitrogens with one attached hydrogen (secondary N) is 1. The summed E-state index contributed by atoms with van der Waals surface area (Å²) in [6, 6.07) is 11.6. The monoisotopic (exact) mass is 443 g/mol. The van der Waals surface area contributed by atoms with Crippen molar-refractivity contribution in [1.29, 1.82) is 0 Å². The molecule has 9 heteroatoms. The molecule has 1 fully saturated rings. The van der Waals surface area contributed by atoms with E-state index in [0.29, 0.717) is 6.54 Å². The van der Waals surface area contributed by atoms with Crippen molar-refractivity contribution >= 4 is 27.5 Å². The van der Waals surface area contributed by atoms with Crippen molar-refractivity contribution in [3.05, 3.63) is 59.2 Å². The number of fused-ring (bicyclic) bond motifs is 1. The van der Waals surface area contributed by atoms with Gasteiger partial charge in [0.25, 0.3) is 21.8 Å². The number of hydrogen-bond acceptors (Lipinski definition) is 6. The van der Waals surface area contributed by atoms with E-state index in [-0.39, 0.29) is 16.0 Å². The van der Waals surface area contributed by atoms with Crippen LogP contribution >= 0.6 is 0 Å². The van der Waals surface area contributed by atoms with Crippen molar-refractivity contribution < 1.29 is 22.7 Å². The fourth-order valence-corrected chi connectivity index (χ4v) is 5.62. The first kappa shape index (κ1) is 21.3. The number of carbonyl (C=O) groups is 2. The summed E-state index contributed by atoms with van der Waals surface area (Å²) in [6.45, 7) is 6.73. The van der Waals surface area contributed by atoms with Gasteiger partial charge >= 0.3 is 0 Å². The minimum Gasteiger partial charge on any atom is -0.378 e. The third-order valence-electron chi connectivity index (χ3n) is 5.45. The van der Waals surface area contributed by atoms with Crippen molar-refractivity contribution in [3.8, 4) is 0 Å². The lowest BCUT2D eigenvalue weighted by Crippen LogP contribution is -2.36. The lowest BCUT2D eigenvalue weighted by Gasteiger charge is -2.28. The molecule has 2 amide bonds. The summed E-state index contributed by atoms with van der Waals surface area (Å²) in [5.74, 6) is -0.956. The van der Waals surface area contributed by atoms with E-state index in [1.165, 1.54) is 18.2 Å². The minimum atomic E-state index is -3.94. The number of anilines is 1. The maximum atomic E-state index is 12.7. The van der Waals surface area contributed by atoms with E-state index in [9.17, 15) is 18.0 Å². The zero-order valence-electron chi connectivity index (χ0n) is 17.5. The second-order valence-electron chi connectivity index (χ2n) is 7.86. The van der Waals surface area contributed by atoms with Crippen molar-refractivity contribution in [3.63, 3.8) is 0 Å². The molecule has 0 aliphatic carbocycles. The van der Waals surface area contributed by atoms with E-state index >= 15 is 0 Å². The predicted octanol–water partition coefficient (Wildman–Crippen LogP) is 2.01. The Balaban J connectivity index is 1.44. The van der Waals surface area contributed by atoms with Crippen LogP contribution < -0.4 is 10.2 Å². The van der Waals surface area contributed by atoms with Gasteiger partial charge in [-0.3, -0.25) is 9.59 Å². The van der Waals surface area contributed by atoms with Crippen LogP contribution in [0.5, 0.6) is 0 Å². The largest absolute Gasteiger partial charge is 0.378 e. The van der Waals surface area contributed by atoms with Gasteiger partial charge in [-0.25, -0.2) is 12.7 Å². The summed E-state index contributed by atoms with van der Waals surface area (Å²) in [5.41, 5.74) is 2.34. The summed E-state index contributed by atoms with van der Waals surface area (Å²) in [7, 11) is -3.94. The first-order chi connectivity index (χ1) is 14.8. The fraction of sp³-hybridized carbons (Fsp3) is 0.364. The average molecular weight is 444 g/mol. The number of hydrogen-bond donors (Lipinski definition) is 1. The highest BCUT2D eigenvalue weighted by atomic mass is 32.2. The van der Waals surface area contributed by atoms with E-state index in [4.69, 9.17) is 4.74 Å². The summed E-state index contributed by atoms with van der Waals surface area (Å²) >= 11 is 0. The molecule has 2 aliphatic heterocycles. The zero-order chi connectivity index (χ0) is 22.2. The maximum absolute atomic E-state index is 12.7. The second kappa shape index (κ2) is 8.32. The molecule has 2 aliphatic rings. The number of rotatable bonds is 5. The van der Waals surface area contributed by atoms with E-state index in [0.717, 1.165) is 41.9 Å².